The van der Waals surface area contributed by atoms with Crippen molar-refractivity contribution in [2.24, 2.45) is 4.99 Å². The van der Waals surface area contributed by atoms with E-state index in [0.29, 0.717) is 6.42 Å². The second-order valence-electron chi connectivity index (χ2n) is 7.38. The number of hydrogen-bond donors (Lipinski definition) is 2. The van der Waals surface area contributed by atoms with E-state index in [0.717, 1.165) is 33.9 Å². The molecule has 158 valence electrons. The number of para-hydroxylation sites is 1. The zero-order chi connectivity index (χ0) is 21.8. The van der Waals surface area contributed by atoms with Crippen LogP contribution in [0.1, 0.15) is 77.1 Å². The van der Waals surface area contributed by atoms with Crippen molar-refractivity contribution in [2.45, 2.75) is 66.0 Å². The Morgan fingerprint density at radius 1 is 1.00 bits per heavy atom. The zero-order valence-electron chi connectivity index (χ0n) is 18.7. The fourth-order valence-corrected chi connectivity index (χ4v) is 3.27. The summed E-state index contributed by atoms with van der Waals surface area (Å²) in [7, 11) is 0. The van der Waals surface area contributed by atoms with E-state index in [1.807, 2.05) is 56.3 Å². The van der Waals surface area contributed by atoms with Crippen molar-refractivity contribution < 1.29 is 0 Å². The Bertz CT molecular complexity index is 887. The number of aliphatic imine (C=N–C) groups is 1. The topological polar surface area (TPSA) is 60.2 Å². The highest BCUT2D eigenvalue weighted by Gasteiger charge is 2.21. The van der Waals surface area contributed by atoms with Crippen LogP contribution in [0, 0.1) is 11.3 Å². The number of anilines is 1. The van der Waals surface area contributed by atoms with Crippen molar-refractivity contribution in [3.63, 3.8) is 0 Å². The molecule has 0 aromatic heterocycles. The van der Waals surface area contributed by atoms with Crippen molar-refractivity contribution in [1.29, 1.82) is 5.26 Å². The molecule has 3 rings (SSSR count). The van der Waals surface area contributed by atoms with Crippen LogP contribution in [-0.2, 0) is 0 Å². The Hall–Kier alpha value is -3.06. The molecule has 1 aliphatic rings. The first kappa shape index (κ1) is 23.2. The van der Waals surface area contributed by atoms with Crippen LogP contribution in [0.2, 0.25) is 0 Å². The number of amidine groups is 1. The highest BCUT2D eigenvalue weighted by molar-refractivity contribution is 6.05. The van der Waals surface area contributed by atoms with Crippen LogP contribution in [0.4, 0.5) is 5.69 Å². The zero-order valence-corrected chi connectivity index (χ0v) is 18.7. The molecule has 0 aliphatic carbocycles. The van der Waals surface area contributed by atoms with E-state index in [4.69, 9.17) is 4.99 Å². The van der Waals surface area contributed by atoms with Crippen LogP contribution in [0.5, 0.6) is 0 Å². The quantitative estimate of drug-likeness (QED) is 0.406. The molecule has 0 bridgehead atoms. The first-order valence-electron chi connectivity index (χ1n) is 11.0. The summed E-state index contributed by atoms with van der Waals surface area (Å²) in [6.07, 6.45) is 6.09. The third-order valence-electron chi connectivity index (χ3n) is 5.05. The summed E-state index contributed by atoms with van der Waals surface area (Å²) in [5.74, 6) is 0.789. The largest absolute Gasteiger partial charge is 0.359 e. The van der Waals surface area contributed by atoms with Gasteiger partial charge in [0.15, 0.2) is 0 Å². The minimum Gasteiger partial charge on any atom is -0.359 e. The van der Waals surface area contributed by atoms with Gasteiger partial charge in [-0.3, -0.25) is 0 Å². The average molecular weight is 403 g/mol. The Morgan fingerprint density at radius 3 is 2.23 bits per heavy atom. The van der Waals surface area contributed by atoms with Crippen LogP contribution in [0.15, 0.2) is 70.9 Å². The number of nitrogens with one attached hydrogen (secondary N) is 2. The summed E-state index contributed by atoms with van der Waals surface area (Å²) in [6, 6.07) is 20.5. The lowest BCUT2D eigenvalue weighted by molar-refractivity contribution is 0.702. The maximum absolute atomic E-state index is 9.25. The normalized spacial score (nSPS) is 15.3. The van der Waals surface area contributed by atoms with E-state index in [9.17, 15) is 5.26 Å². The van der Waals surface area contributed by atoms with Gasteiger partial charge in [0.25, 0.3) is 0 Å². The van der Waals surface area contributed by atoms with E-state index in [2.05, 4.69) is 42.7 Å². The van der Waals surface area contributed by atoms with Gasteiger partial charge in [0, 0.05) is 22.5 Å². The van der Waals surface area contributed by atoms with E-state index < -0.39 is 0 Å². The van der Waals surface area contributed by atoms with Gasteiger partial charge >= 0.3 is 0 Å². The second-order valence-corrected chi connectivity index (χ2v) is 7.38. The molecule has 0 saturated heterocycles. The molecule has 30 heavy (non-hydrogen) atoms. The molecule has 4 nitrogen and oxygen atoms in total. The molecule has 1 atom stereocenters. The number of fused-ring (bicyclic) bond motifs is 1. The SMILES string of the molecule is CC/C(C#N)=C(\C)NC1=NC(c2ccccc2)Nc2ccccc21.CCCCCC. The van der Waals surface area contributed by atoms with Gasteiger partial charge in [-0.15, -0.1) is 0 Å². The molecule has 4 heteroatoms. The molecule has 0 saturated carbocycles. The first-order chi connectivity index (χ1) is 14.6. The fourth-order valence-electron chi connectivity index (χ4n) is 3.27. The molecule has 0 amide bonds. The van der Waals surface area contributed by atoms with E-state index >= 15 is 0 Å². The van der Waals surface area contributed by atoms with E-state index in [-0.39, 0.29) is 6.17 Å². The Kier molecular flexibility index (Phi) is 9.67. The highest BCUT2D eigenvalue weighted by Crippen LogP contribution is 2.29. The average Bonchev–Trinajstić information content (AvgIpc) is 2.79. The molecule has 0 radical (unpaired) electrons. The van der Waals surface area contributed by atoms with Gasteiger partial charge in [-0.25, -0.2) is 4.99 Å². The number of benzene rings is 2. The van der Waals surface area contributed by atoms with Gasteiger partial charge in [0.05, 0.1) is 6.07 Å². The lowest BCUT2D eigenvalue weighted by Crippen LogP contribution is -2.30. The van der Waals surface area contributed by atoms with E-state index in [1.165, 1.54) is 25.7 Å². The molecule has 1 unspecified atom stereocenters. The predicted molar refractivity (Wildman–Crippen MR) is 127 cm³/mol. The summed E-state index contributed by atoms with van der Waals surface area (Å²) in [5, 5.41) is 16.1. The summed E-state index contributed by atoms with van der Waals surface area (Å²) < 4.78 is 0. The van der Waals surface area contributed by atoms with E-state index in [1.54, 1.807) is 0 Å². The van der Waals surface area contributed by atoms with Crippen molar-refractivity contribution in [2.75, 3.05) is 5.32 Å². The first-order valence-corrected chi connectivity index (χ1v) is 11.0. The highest BCUT2D eigenvalue weighted by atomic mass is 15.2. The Labute approximate surface area is 181 Å². The Morgan fingerprint density at radius 2 is 1.63 bits per heavy atom. The molecule has 2 N–H and O–H groups in total. The van der Waals surface area contributed by atoms with Crippen LogP contribution in [0.3, 0.4) is 0 Å². The number of rotatable bonds is 6. The molecule has 0 spiro atoms. The third-order valence-corrected chi connectivity index (χ3v) is 5.05. The smallest absolute Gasteiger partial charge is 0.147 e. The molecular weight excluding hydrogens is 368 g/mol. The van der Waals surface area contributed by atoms with Gasteiger partial charge < -0.3 is 10.6 Å². The molecule has 2 aromatic carbocycles. The standard InChI is InChI=1S/C20H20N4.C6H14/c1-3-15(13-21)14(2)22-20-17-11-7-8-12-18(17)23-19(24-20)16-9-5-4-6-10-16;1-3-5-6-4-2/h4-12,19,23H,3H2,1-2H3,(H,22,24);3-6H2,1-2H3/b15-14-;. The summed E-state index contributed by atoms with van der Waals surface area (Å²) >= 11 is 0. The third kappa shape index (κ3) is 6.49. The molecule has 1 heterocycles. The maximum atomic E-state index is 9.25. The fraction of sp³-hybridized carbons (Fsp3) is 0.385. The second kappa shape index (κ2) is 12.5. The van der Waals surface area contributed by atoms with Crippen LogP contribution < -0.4 is 10.6 Å². The van der Waals surface area contributed by atoms with Gasteiger partial charge in [0.2, 0.25) is 0 Å². The van der Waals surface area contributed by atoms with Crippen molar-refractivity contribution in [3.05, 3.63) is 77.0 Å². The summed E-state index contributed by atoms with van der Waals surface area (Å²) in [5.41, 5.74) is 4.74. The lowest BCUT2D eigenvalue weighted by atomic mass is 10.1. The van der Waals surface area contributed by atoms with Gasteiger partial charge in [-0.2, -0.15) is 5.26 Å². The molecule has 0 fully saturated rings. The minimum absolute atomic E-state index is 0.149. The van der Waals surface area contributed by atoms with Crippen LogP contribution in [0.25, 0.3) is 0 Å². The number of allylic oxidation sites excluding steroid dienone is 2. The van der Waals surface area contributed by atoms with Crippen LogP contribution in [-0.4, -0.2) is 5.84 Å². The predicted octanol–water partition coefficient (Wildman–Crippen LogP) is 6.94. The van der Waals surface area contributed by atoms with Gasteiger partial charge in [-0.1, -0.05) is 88.9 Å². The lowest BCUT2D eigenvalue weighted by Gasteiger charge is -2.26. The Balaban J connectivity index is 0.000000469. The molecular formula is C26H34N4. The van der Waals surface area contributed by atoms with Gasteiger partial charge in [0.1, 0.15) is 12.0 Å². The number of nitriles is 1. The molecule has 1 aliphatic heterocycles. The molecule has 2 aromatic rings. The summed E-state index contributed by atoms with van der Waals surface area (Å²) in [4.78, 5) is 4.84. The van der Waals surface area contributed by atoms with Crippen molar-refractivity contribution in [1.82, 2.24) is 5.32 Å². The summed E-state index contributed by atoms with van der Waals surface area (Å²) in [6.45, 7) is 8.37. The monoisotopic (exact) mass is 402 g/mol. The van der Waals surface area contributed by atoms with Crippen molar-refractivity contribution >= 4 is 11.5 Å². The number of nitrogens with zero attached hydrogens (tertiary/aromatic N) is 2. The van der Waals surface area contributed by atoms with Crippen molar-refractivity contribution in [3.8, 4) is 6.07 Å². The van der Waals surface area contributed by atoms with Crippen LogP contribution >= 0.6 is 0 Å². The maximum Gasteiger partial charge on any atom is 0.147 e. The number of hydrogen-bond acceptors (Lipinski definition) is 4. The number of unbranched alkanes of at least 4 members (excludes halogenated alkanes) is 3. The van der Waals surface area contributed by atoms with Gasteiger partial charge in [-0.05, 0) is 31.0 Å². The minimum atomic E-state index is -0.149.